The molecule has 0 atom stereocenters. The highest BCUT2D eigenvalue weighted by Gasteiger charge is 2.18. The first-order valence-electron chi connectivity index (χ1n) is 4.26. The van der Waals surface area contributed by atoms with Crippen LogP contribution in [0.15, 0.2) is 0 Å². The van der Waals surface area contributed by atoms with Gasteiger partial charge in [0.2, 0.25) is 0 Å². The zero-order valence-corrected chi connectivity index (χ0v) is 9.66. The van der Waals surface area contributed by atoms with Crippen LogP contribution in [0.5, 0.6) is 0 Å². The number of hydrazine groups is 1. The molecule has 0 heterocycles. The van der Waals surface area contributed by atoms with E-state index in [0.29, 0.717) is 5.11 Å². The number of hydrogen-bond acceptors (Lipinski definition) is 3. The number of nitrogens with zero attached hydrogens (tertiary/aromatic N) is 1. The highest BCUT2D eigenvalue weighted by Crippen LogP contribution is 2.13. The minimum Gasteiger partial charge on any atom is -0.361 e. The van der Waals surface area contributed by atoms with E-state index in [4.69, 9.17) is 18.1 Å². The van der Waals surface area contributed by atoms with Crippen LogP contribution in [-0.2, 0) is 0 Å². The van der Waals surface area contributed by atoms with Gasteiger partial charge in [0.1, 0.15) is 0 Å². The number of nitrogens with two attached hydrogens (primary N) is 1. The third-order valence-electron chi connectivity index (χ3n) is 1.60. The number of rotatable bonds is 4. The Labute approximate surface area is 85.8 Å². The maximum atomic E-state index is 5.14. The summed E-state index contributed by atoms with van der Waals surface area (Å²) >= 11 is 4.88. The van der Waals surface area contributed by atoms with E-state index in [1.165, 1.54) is 0 Å². The molecule has 0 rings (SSSR count). The van der Waals surface area contributed by atoms with E-state index < -0.39 is 0 Å². The molecule has 0 aromatic rings. The third kappa shape index (κ3) is 6.74. The number of thiocarbonyl (C=S) groups is 1. The van der Waals surface area contributed by atoms with Crippen LogP contribution in [0, 0.1) is 5.41 Å². The smallest absolute Gasteiger partial charge is 0.180 e. The molecule has 0 radical (unpaired) electrons. The summed E-state index contributed by atoms with van der Waals surface area (Å²) in [5, 5.41) is 3.54. The first kappa shape index (κ1) is 12.6. The Hall–Kier alpha value is -0.390. The van der Waals surface area contributed by atoms with Crippen molar-refractivity contribution in [1.82, 2.24) is 15.6 Å². The fraction of sp³-hybridized carbons (Fsp3) is 0.875. The van der Waals surface area contributed by atoms with Crippen molar-refractivity contribution in [1.29, 1.82) is 0 Å². The molecule has 5 heteroatoms. The molecule has 4 nitrogen and oxygen atoms in total. The summed E-state index contributed by atoms with van der Waals surface area (Å²) < 4.78 is 0. The molecule has 0 aliphatic carbocycles. The molecule has 0 aliphatic heterocycles. The molecule has 0 unspecified atom stereocenters. The van der Waals surface area contributed by atoms with Gasteiger partial charge in [-0.3, -0.25) is 0 Å². The second-order valence-corrected chi connectivity index (χ2v) is 4.64. The molecule has 0 saturated heterocycles. The fourth-order valence-electron chi connectivity index (χ4n) is 1.28. The van der Waals surface area contributed by atoms with Crippen molar-refractivity contribution in [2.45, 2.75) is 13.8 Å². The van der Waals surface area contributed by atoms with E-state index in [2.05, 4.69) is 43.6 Å². The minimum absolute atomic E-state index is 0.185. The van der Waals surface area contributed by atoms with Gasteiger partial charge in [0.25, 0.3) is 0 Å². The van der Waals surface area contributed by atoms with Crippen LogP contribution in [0.4, 0.5) is 0 Å². The second-order valence-electron chi connectivity index (χ2n) is 4.23. The van der Waals surface area contributed by atoms with Gasteiger partial charge >= 0.3 is 0 Å². The topological polar surface area (TPSA) is 53.3 Å². The van der Waals surface area contributed by atoms with E-state index in [1.807, 2.05) is 0 Å². The summed E-state index contributed by atoms with van der Waals surface area (Å²) in [6.07, 6.45) is 0. The van der Waals surface area contributed by atoms with Gasteiger partial charge in [-0.05, 0) is 31.7 Å². The SMILES string of the molecule is CN(C)CC(C)(C)CNC(=S)NN. The maximum absolute atomic E-state index is 5.14. The van der Waals surface area contributed by atoms with Crippen molar-refractivity contribution < 1.29 is 0 Å². The number of hydrogen-bond donors (Lipinski definition) is 3. The van der Waals surface area contributed by atoms with Gasteiger partial charge in [0, 0.05) is 13.1 Å². The second kappa shape index (κ2) is 5.36. The predicted molar refractivity (Wildman–Crippen MR) is 60.3 cm³/mol. The van der Waals surface area contributed by atoms with Crippen LogP contribution in [0.1, 0.15) is 13.8 Å². The van der Waals surface area contributed by atoms with Crippen molar-refractivity contribution in [2.75, 3.05) is 27.2 Å². The zero-order valence-electron chi connectivity index (χ0n) is 8.85. The van der Waals surface area contributed by atoms with Gasteiger partial charge in [0.15, 0.2) is 5.11 Å². The highest BCUT2D eigenvalue weighted by atomic mass is 32.1. The van der Waals surface area contributed by atoms with Gasteiger partial charge in [-0.25, -0.2) is 5.84 Å². The Morgan fingerprint density at radius 3 is 2.38 bits per heavy atom. The summed E-state index contributed by atoms with van der Waals surface area (Å²) in [4.78, 5) is 2.15. The fourth-order valence-corrected chi connectivity index (χ4v) is 1.35. The molecule has 78 valence electrons. The van der Waals surface area contributed by atoms with Gasteiger partial charge in [-0.2, -0.15) is 0 Å². The average molecular weight is 204 g/mol. The van der Waals surface area contributed by atoms with Crippen LogP contribution >= 0.6 is 12.2 Å². The molecule has 0 saturated carbocycles. The molecule has 0 spiro atoms. The highest BCUT2D eigenvalue weighted by molar-refractivity contribution is 7.80. The van der Waals surface area contributed by atoms with Crippen molar-refractivity contribution >= 4 is 17.3 Å². The molecule has 0 aromatic heterocycles. The van der Waals surface area contributed by atoms with E-state index in [1.54, 1.807) is 0 Å². The lowest BCUT2D eigenvalue weighted by molar-refractivity contribution is 0.241. The minimum atomic E-state index is 0.185. The maximum Gasteiger partial charge on any atom is 0.180 e. The van der Waals surface area contributed by atoms with Gasteiger partial charge in [-0.15, -0.1) is 0 Å². The van der Waals surface area contributed by atoms with Crippen molar-refractivity contribution in [2.24, 2.45) is 11.3 Å². The Kier molecular flexibility index (Phi) is 5.20. The van der Waals surface area contributed by atoms with E-state index in [0.717, 1.165) is 13.1 Å². The monoisotopic (exact) mass is 204 g/mol. The number of nitrogens with one attached hydrogen (secondary N) is 2. The Morgan fingerprint density at radius 1 is 1.46 bits per heavy atom. The molecule has 13 heavy (non-hydrogen) atoms. The quantitative estimate of drug-likeness (QED) is 0.339. The molecule has 4 N–H and O–H groups in total. The lowest BCUT2D eigenvalue weighted by atomic mass is 9.93. The summed E-state index contributed by atoms with van der Waals surface area (Å²) in [6, 6.07) is 0. The van der Waals surface area contributed by atoms with Crippen LogP contribution < -0.4 is 16.6 Å². The van der Waals surface area contributed by atoms with Gasteiger partial charge in [0.05, 0.1) is 0 Å². The van der Waals surface area contributed by atoms with Crippen LogP contribution in [0.2, 0.25) is 0 Å². The Balaban J connectivity index is 3.81. The molecular formula is C8H20N4S. The van der Waals surface area contributed by atoms with Crippen molar-refractivity contribution in [3.05, 3.63) is 0 Å². The molecular weight excluding hydrogens is 184 g/mol. The molecule has 0 aromatic carbocycles. The van der Waals surface area contributed by atoms with Crippen LogP contribution in [0.3, 0.4) is 0 Å². The summed E-state index contributed by atoms with van der Waals surface area (Å²) in [7, 11) is 4.11. The lowest BCUT2D eigenvalue weighted by Crippen LogP contribution is -2.45. The molecule has 0 amide bonds. The average Bonchev–Trinajstić information content (AvgIpc) is 1.98. The van der Waals surface area contributed by atoms with Crippen LogP contribution in [-0.4, -0.2) is 37.2 Å². The van der Waals surface area contributed by atoms with Gasteiger partial charge < -0.3 is 15.6 Å². The first-order chi connectivity index (χ1) is 5.87. The molecule has 0 bridgehead atoms. The largest absolute Gasteiger partial charge is 0.361 e. The van der Waals surface area contributed by atoms with Crippen molar-refractivity contribution in [3.8, 4) is 0 Å². The first-order valence-corrected chi connectivity index (χ1v) is 4.67. The lowest BCUT2D eigenvalue weighted by Gasteiger charge is -2.28. The third-order valence-corrected chi connectivity index (χ3v) is 1.87. The van der Waals surface area contributed by atoms with E-state index in [-0.39, 0.29) is 5.41 Å². The standard InChI is InChI=1S/C8H20N4S/c1-8(2,6-12(3)4)5-10-7(13)11-9/h5-6,9H2,1-4H3,(H2,10,11,13). The zero-order chi connectivity index (χ0) is 10.5. The van der Waals surface area contributed by atoms with E-state index in [9.17, 15) is 0 Å². The van der Waals surface area contributed by atoms with Crippen molar-refractivity contribution in [3.63, 3.8) is 0 Å². The van der Waals surface area contributed by atoms with Crippen LogP contribution in [0.25, 0.3) is 0 Å². The molecule has 0 aliphatic rings. The predicted octanol–water partition coefficient (Wildman–Crippen LogP) is -0.0880. The normalized spacial score (nSPS) is 11.5. The van der Waals surface area contributed by atoms with E-state index >= 15 is 0 Å². The summed E-state index contributed by atoms with van der Waals surface area (Å²) in [5.41, 5.74) is 2.58. The Morgan fingerprint density at radius 2 is 2.00 bits per heavy atom. The molecule has 0 fully saturated rings. The summed E-state index contributed by atoms with van der Waals surface area (Å²) in [5.74, 6) is 5.14. The Bertz CT molecular complexity index is 168. The van der Waals surface area contributed by atoms with Gasteiger partial charge in [-0.1, -0.05) is 13.8 Å². The summed E-state index contributed by atoms with van der Waals surface area (Å²) in [6.45, 7) is 6.18.